The van der Waals surface area contributed by atoms with Crippen LogP contribution in [0.3, 0.4) is 0 Å². The van der Waals surface area contributed by atoms with Crippen molar-refractivity contribution < 1.29 is 0 Å². The van der Waals surface area contributed by atoms with Gasteiger partial charge in [-0.25, -0.2) is 0 Å². The molecule has 1 nitrogen and oxygen atoms in total. The van der Waals surface area contributed by atoms with E-state index in [4.69, 9.17) is 0 Å². The molecule has 1 aromatic heterocycles. The summed E-state index contributed by atoms with van der Waals surface area (Å²) in [6, 6.07) is 8.72. The molecule has 0 radical (unpaired) electrons. The zero-order valence-electron chi connectivity index (χ0n) is 11.0. The van der Waals surface area contributed by atoms with E-state index in [-0.39, 0.29) is 0 Å². The van der Waals surface area contributed by atoms with Gasteiger partial charge in [0, 0.05) is 16.8 Å². The Labute approximate surface area is 113 Å². The third-order valence-electron chi connectivity index (χ3n) is 4.22. The van der Waals surface area contributed by atoms with Crippen molar-refractivity contribution in [2.45, 2.75) is 51.1 Å². The predicted molar refractivity (Wildman–Crippen MR) is 80.2 cm³/mol. The Morgan fingerprint density at radius 2 is 1.94 bits per heavy atom. The number of benzene rings is 1. The van der Waals surface area contributed by atoms with E-state index in [1.807, 2.05) is 11.3 Å². The maximum Gasteiger partial charge on any atom is 0.0346 e. The molecular formula is C16H21NS. The van der Waals surface area contributed by atoms with E-state index in [9.17, 15) is 0 Å². The zero-order chi connectivity index (χ0) is 12.4. The Morgan fingerprint density at radius 3 is 2.78 bits per heavy atom. The average molecular weight is 259 g/mol. The summed E-state index contributed by atoms with van der Waals surface area (Å²) in [5, 5.41) is 7.53. The van der Waals surface area contributed by atoms with Crippen molar-refractivity contribution in [1.29, 1.82) is 0 Å². The van der Waals surface area contributed by atoms with Crippen molar-refractivity contribution in [3.63, 3.8) is 0 Å². The molecule has 18 heavy (non-hydrogen) atoms. The molecule has 0 bridgehead atoms. The number of thiophene rings is 1. The highest BCUT2D eigenvalue weighted by molar-refractivity contribution is 7.17. The van der Waals surface area contributed by atoms with Gasteiger partial charge in [-0.2, -0.15) is 0 Å². The van der Waals surface area contributed by atoms with Gasteiger partial charge in [-0.3, -0.25) is 0 Å². The van der Waals surface area contributed by atoms with Gasteiger partial charge in [-0.15, -0.1) is 11.3 Å². The SMILES string of the molecule is CC1(NCc2csc3ccccc23)CCCCC1. The van der Waals surface area contributed by atoms with Crippen LogP contribution in [-0.4, -0.2) is 5.54 Å². The molecule has 2 aromatic rings. The van der Waals surface area contributed by atoms with Crippen molar-refractivity contribution in [3.05, 3.63) is 35.2 Å². The first-order chi connectivity index (χ1) is 8.77. The lowest BCUT2D eigenvalue weighted by Gasteiger charge is -2.34. The van der Waals surface area contributed by atoms with Crippen LogP contribution < -0.4 is 5.32 Å². The van der Waals surface area contributed by atoms with Crippen molar-refractivity contribution in [1.82, 2.24) is 5.32 Å². The van der Waals surface area contributed by atoms with E-state index in [2.05, 4.69) is 41.9 Å². The Hall–Kier alpha value is -0.860. The quantitative estimate of drug-likeness (QED) is 0.841. The van der Waals surface area contributed by atoms with Crippen molar-refractivity contribution in [3.8, 4) is 0 Å². The molecule has 0 saturated heterocycles. The summed E-state index contributed by atoms with van der Waals surface area (Å²) >= 11 is 1.86. The van der Waals surface area contributed by atoms with Crippen LogP contribution in [0.5, 0.6) is 0 Å². The lowest BCUT2D eigenvalue weighted by Crippen LogP contribution is -2.43. The molecule has 1 aromatic carbocycles. The fraction of sp³-hybridized carbons (Fsp3) is 0.500. The van der Waals surface area contributed by atoms with Gasteiger partial charge in [0.05, 0.1) is 0 Å². The van der Waals surface area contributed by atoms with Gasteiger partial charge in [0.2, 0.25) is 0 Å². The largest absolute Gasteiger partial charge is 0.307 e. The average Bonchev–Trinajstić information content (AvgIpc) is 2.81. The fourth-order valence-corrected chi connectivity index (χ4v) is 3.95. The summed E-state index contributed by atoms with van der Waals surface area (Å²) in [5.74, 6) is 0. The molecular weight excluding hydrogens is 238 g/mol. The molecule has 0 aliphatic heterocycles. The molecule has 1 aliphatic rings. The van der Waals surface area contributed by atoms with Gasteiger partial charge < -0.3 is 5.32 Å². The summed E-state index contributed by atoms with van der Waals surface area (Å²) in [6.45, 7) is 3.40. The summed E-state index contributed by atoms with van der Waals surface area (Å²) in [5.41, 5.74) is 1.82. The van der Waals surface area contributed by atoms with Gasteiger partial charge in [-0.1, -0.05) is 37.5 Å². The molecule has 0 atom stereocenters. The van der Waals surface area contributed by atoms with E-state index in [0.717, 1.165) is 6.54 Å². The second-order valence-electron chi connectivity index (χ2n) is 5.73. The number of hydrogen-bond acceptors (Lipinski definition) is 2. The lowest BCUT2D eigenvalue weighted by molar-refractivity contribution is 0.253. The second-order valence-corrected chi connectivity index (χ2v) is 6.64. The number of fused-ring (bicyclic) bond motifs is 1. The minimum Gasteiger partial charge on any atom is -0.307 e. The van der Waals surface area contributed by atoms with Gasteiger partial charge in [0.25, 0.3) is 0 Å². The molecule has 3 rings (SSSR count). The van der Waals surface area contributed by atoms with Crippen LogP contribution in [0.4, 0.5) is 0 Å². The van der Waals surface area contributed by atoms with Crippen LogP contribution in [0.25, 0.3) is 10.1 Å². The van der Waals surface area contributed by atoms with Crippen molar-refractivity contribution in [2.75, 3.05) is 0 Å². The molecule has 96 valence electrons. The Balaban J connectivity index is 1.73. The molecule has 1 fully saturated rings. The van der Waals surface area contributed by atoms with Gasteiger partial charge >= 0.3 is 0 Å². The highest BCUT2D eigenvalue weighted by Gasteiger charge is 2.25. The van der Waals surface area contributed by atoms with Crippen LogP contribution in [0.2, 0.25) is 0 Å². The number of rotatable bonds is 3. The molecule has 1 saturated carbocycles. The lowest BCUT2D eigenvalue weighted by atomic mass is 9.83. The number of nitrogens with one attached hydrogen (secondary N) is 1. The van der Waals surface area contributed by atoms with Crippen LogP contribution in [0, 0.1) is 0 Å². The van der Waals surface area contributed by atoms with Gasteiger partial charge in [0.1, 0.15) is 0 Å². The first-order valence-electron chi connectivity index (χ1n) is 6.97. The topological polar surface area (TPSA) is 12.0 Å². The first-order valence-corrected chi connectivity index (χ1v) is 7.85. The predicted octanol–water partition coefficient (Wildman–Crippen LogP) is 4.71. The molecule has 0 spiro atoms. The third-order valence-corrected chi connectivity index (χ3v) is 5.24. The van der Waals surface area contributed by atoms with E-state index in [1.165, 1.54) is 47.8 Å². The molecule has 1 aliphatic carbocycles. The summed E-state index contributed by atoms with van der Waals surface area (Å²) in [4.78, 5) is 0. The second kappa shape index (κ2) is 5.02. The summed E-state index contributed by atoms with van der Waals surface area (Å²) in [7, 11) is 0. The van der Waals surface area contributed by atoms with Crippen molar-refractivity contribution >= 4 is 21.4 Å². The minimum atomic E-state index is 0.362. The summed E-state index contributed by atoms with van der Waals surface area (Å²) in [6.07, 6.45) is 6.84. The molecule has 0 unspecified atom stereocenters. The normalized spacial score (nSPS) is 19.2. The van der Waals surface area contributed by atoms with Crippen LogP contribution in [-0.2, 0) is 6.54 Å². The maximum atomic E-state index is 3.80. The first kappa shape index (κ1) is 12.2. The van der Waals surface area contributed by atoms with Crippen LogP contribution >= 0.6 is 11.3 Å². The smallest absolute Gasteiger partial charge is 0.0346 e. The maximum absolute atomic E-state index is 3.80. The van der Waals surface area contributed by atoms with E-state index >= 15 is 0 Å². The Morgan fingerprint density at radius 1 is 1.17 bits per heavy atom. The van der Waals surface area contributed by atoms with Crippen LogP contribution in [0.15, 0.2) is 29.6 Å². The Bertz CT molecular complexity index is 523. The highest BCUT2D eigenvalue weighted by atomic mass is 32.1. The minimum absolute atomic E-state index is 0.362. The monoisotopic (exact) mass is 259 g/mol. The molecule has 2 heteroatoms. The highest BCUT2D eigenvalue weighted by Crippen LogP contribution is 2.30. The fourth-order valence-electron chi connectivity index (χ4n) is 2.99. The summed E-state index contributed by atoms with van der Waals surface area (Å²) < 4.78 is 1.41. The van der Waals surface area contributed by atoms with Crippen LogP contribution in [0.1, 0.15) is 44.6 Å². The zero-order valence-corrected chi connectivity index (χ0v) is 11.9. The van der Waals surface area contributed by atoms with E-state index in [1.54, 1.807) is 0 Å². The standard InChI is InChI=1S/C16H21NS/c1-16(9-5-2-6-10-16)17-11-13-12-18-15-8-4-3-7-14(13)15/h3-4,7-8,12,17H,2,5-6,9-11H2,1H3. The van der Waals surface area contributed by atoms with Gasteiger partial charge in [-0.05, 0) is 42.2 Å². The van der Waals surface area contributed by atoms with Gasteiger partial charge in [0.15, 0.2) is 0 Å². The Kier molecular flexibility index (Phi) is 3.40. The van der Waals surface area contributed by atoms with Crippen molar-refractivity contribution in [2.24, 2.45) is 0 Å². The van der Waals surface area contributed by atoms with E-state index in [0.29, 0.717) is 5.54 Å². The number of hydrogen-bond donors (Lipinski definition) is 1. The van der Waals surface area contributed by atoms with E-state index < -0.39 is 0 Å². The molecule has 0 amide bonds. The molecule has 1 heterocycles. The molecule has 1 N–H and O–H groups in total. The third kappa shape index (κ3) is 2.45.